The summed E-state index contributed by atoms with van der Waals surface area (Å²) >= 11 is 0. The van der Waals surface area contributed by atoms with E-state index in [0.29, 0.717) is 0 Å². The fourth-order valence-corrected chi connectivity index (χ4v) is 1.69. The second-order valence-corrected chi connectivity index (χ2v) is 4.36. The highest BCUT2D eigenvalue weighted by molar-refractivity contribution is 5.90. The number of carbonyl (C=O) groups is 1. The molecular formula is C13H10F3N3O4. The number of anilines is 1. The van der Waals surface area contributed by atoms with Gasteiger partial charge in [-0.15, -0.1) is 13.2 Å². The summed E-state index contributed by atoms with van der Waals surface area (Å²) < 4.78 is 41.0. The minimum absolute atomic E-state index is 0.0641. The standard InChI is InChI=1S/C13H10F3N3O4/c14-13(15,16)23-9-3-1-2-8(6-9)17-11(21)7-19-5-4-10(20)18-12(19)22/h1-6H,7H2,(H,17,21)(H,18,20,22). The largest absolute Gasteiger partial charge is 0.573 e. The molecular weight excluding hydrogens is 319 g/mol. The predicted octanol–water partition coefficient (Wildman–Crippen LogP) is 1.07. The molecule has 0 bridgehead atoms. The van der Waals surface area contributed by atoms with Gasteiger partial charge in [0.1, 0.15) is 12.3 Å². The molecule has 1 amide bonds. The molecule has 0 aliphatic heterocycles. The number of hydrogen-bond acceptors (Lipinski definition) is 4. The number of benzene rings is 1. The van der Waals surface area contributed by atoms with E-state index in [1.165, 1.54) is 12.1 Å². The molecule has 0 fully saturated rings. The Labute approximate surface area is 126 Å². The van der Waals surface area contributed by atoms with Gasteiger partial charge < -0.3 is 10.1 Å². The molecule has 0 aliphatic rings. The molecule has 2 N–H and O–H groups in total. The van der Waals surface area contributed by atoms with Gasteiger partial charge in [0.15, 0.2) is 0 Å². The summed E-state index contributed by atoms with van der Waals surface area (Å²) in [4.78, 5) is 36.1. The van der Waals surface area contributed by atoms with Gasteiger partial charge in [-0.3, -0.25) is 19.1 Å². The molecule has 0 saturated heterocycles. The molecule has 0 unspecified atom stereocenters. The summed E-state index contributed by atoms with van der Waals surface area (Å²) in [7, 11) is 0. The fraction of sp³-hybridized carbons (Fsp3) is 0.154. The van der Waals surface area contributed by atoms with Gasteiger partial charge >= 0.3 is 12.1 Å². The van der Waals surface area contributed by atoms with Crippen molar-refractivity contribution in [2.45, 2.75) is 12.9 Å². The van der Waals surface area contributed by atoms with E-state index in [4.69, 9.17) is 0 Å². The normalized spacial score (nSPS) is 11.1. The number of nitrogens with one attached hydrogen (secondary N) is 2. The second kappa shape index (κ2) is 6.38. The van der Waals surface area contributed by atoms with E-state index < -0.39 is 35.8 Å². The molecule has 0 saturated carbocycles. The molecule has 2 aromatic rings. The van der Waals surface area contributed by atoms with Crippen molar-refractivity contribution >= 4 is 11.6 Å². The summed E-state index contributed by atoms with van der Waals surface area (Å²) in [6, 6.07) is 5.75. The maximum Gasteiger partial charge on any atom is 0.573 e. The Morgan fingerprint density at radius 2 is 2.00 bits per heavy atom. The molecule has 0 radical (unpaired) electrons. The zero-order chi connectivity index (χ0) is 17.0. The van der Waals surface area contributed by atoms with Gasteiger partial charge in [-0.2, -0.15) is 0 Å². The average Bonchev–Trinajstić information content (AvgIpc) is 2.40. The molecule has 1 aromatic heterocycles. The molecule has 7 nitrogen and oxygen atoms in total. The number of hydrogen-bond donors (Lipinski definition) is 2. The van der Waals surface area contributed by atoms with Gasteiger partial charge in [-0.1, -0.05) is 6.07 Å². The lowest BCUT2D eigenvalue weighted by Crippen LogP contribution is -2.32. The van der Waals surface area contributed by atoms with Crippen LogP contribution < -0.4 is 21.3 Å². The number of alkyl halides is 3. The van der Waals surface area contributed by atoms with E-state index in [-0.39, 0.29) is 5.69 Å². The number of aromatic nitrogens is 2. The molecule has 23 heavy (non-hydrogen) atoms. The topological polar surface area (TPSA) is 93.2 Å². The fourth-order valence-electron chi connectivity index (χ4n) is 1.69. The highest BCUT2D eigenvalue weighted by Crippen LogP contribution is 2.24. The van der Waals surface area contributed by atoms with Crippen LogP contribution in [-0.2, 0) is 11.3 Å². The highest BCUT2D eigenvalue weighted by atomic mass is 19.4. The number of aromatic amines is 1. The Morgan fingerprint density at radius 1 is 1.26 bits per heavy atom. The van der Waals surface area contributed by atoms with Gasteiger partial charge in [0, 0.05) is 24.0 Å². The van der Waals surface area contributed by atoms with Crippen LogP contribution in [0.5, 0.6) is 5.75 Å². The first kappa shape index (κ1) is 16.3. The number of halogens is 3. The van der Waals surface area contributed by atoms with E-state index in [1.54, 1.807) is 0 Å². The predicted molar refractivity (Wildman–Crippen MR) is 73.1 cm³/mol. The van der Waals surface area contributed by atoms with Crippen LogP contribution in [0.3, 0.4) is 0 Å². The molecule has 0 atom stereocenters. The van der Waals surface area contributed by atoms with Crippen LogP contribution in [-0.4, -0.2) is 21.8 Å². The summed E-state index contributed by atoms with van der Waals surface area (Å²) in [6.07, 6.45) is -3.71. The molecule has 1 heterocycles. The molecule has 10 heteroatoms. The summed E-state index contributed by atoms with van der Waals surface area (Å²) in [5.41, 5.74) is -1.32. The Kier molecular flexibility index (Phi) is 4.53. The van der Waals surface area contributed by atoms with Crippen LogP contribution in [0.2, 0.25) is 0 Å². The summed E-state index contributed by atoms with van der Waals surface area (Å²) in [6.45, 7) is -0.417. The number of rotatable bonds is 4. The van der Waals surface area contributed by atoms with E-state index in [2.05, 4.69) is 10.1 Å². The zero-order valence-electron chi connectivity index (χ0n) is 11.4. The lowest BCUT2D eigenvalue weighted by Gasteiger charge is -2.11. The third kappa shape index (κ3) is 5.02. The van der Waals surface area contributed by atoms with E-state index in [1.807, 2.05) is 4.98 Å². The average molecular weight is 329 g/mol. The van der Waals surface area contributed by atoms with Gasteiger partial charge in [-0.25, -0.2) is 4.79 Å². The zero-order valence-corrected chi connectivity index (χ0v) is 11.4. The number of nitrogens with zero attached hydrogens (tertiary/aromatic N) is 1. The lowest BCUT2D eigenvalue weighted by atomic mass is 10.3. The summed E-state index contributed by atoms with van der Waals surface area (Å²) in [5, 5.41) is 2.32. The Hall–Kier alpha value is -3.04. The minimum atomic E-state index is -4.84. The van der Waals surface area contributed by atoms with Crippen molar-refractivity contribution in [3.05, 3.63) is 57.4 Å². The minimum Gasteiger partial charge on any atom is -0.406 e. The molecule has 2 rings (SSSR count). The first-order valence-electron chi connectivity index (χ1n) is 6.18. The van der Waals surface area contributed by atoms with Crippen LogP contribution in [0.1, 0.15) is 0 Å². The monoisotopic (exact) mass is 329 g/mol. The molecule has 0 aliphatic carbocycles. The van der Waals surface area contributed by atoms with Crippen LogP contribution in [0.25, 0.3) is 0 Å². The summed E-state index contributed by atoms with van der Waals surface area (Å²) in [5.74, 6) is -1.15. The van der Waals surface area contributed by atoms with Crippen molar-refractivity contribution in [2.24, 2.45) is 0 Å². The molecule has 122 valence electrons. The van der Waals surface area contributed by atoms with E-state index in [9.17, 15) is 27.6 Å². The molecule has 0 spiro atoms. The Morgan fingerprint density at radius 3 is 2.65 bits per heavy atom. The third-order valence-electron chi connectivity index (χ3n) is 2.56. The Bertz CT molecular complexity index is 826. The van der Waals surface area contributed by atoms with Crippen molar-refractivity contribution in [3.63, 3.8) is 0 Å². The first-order valence-corrected chi connectivity index (χ1v) is 6.18. The van der Waals surface area contributed by atoms with Crippen LogP contribution in [0, 0.1) is 0 Å². The Balaban J connectivity index is 2.07. The van der Waals surface area contributed by atoms with E-state index in [0.717, 1.165) is 29.0 Å². The number of ether oxygens (including phenoxy) is 1. The smallest absolute Gasteiger partial charge is 0.406 e. The van der Waals surface area contributed by atoms with Gasteiger partial charge in [0.25, 0.3) is 5.56 Å². The van der Waals surface area contributed by atoms with Crippen LogP contribution in [0.15, 0.2) is 46.1 Å². The van der Waals surface area contributed by atoms with Gasteiger partial charge in [-0.05, 0) is 12.1 Å². The number of H-pyrrole nitrogens is 1. The van der Waals surface area contributed by atoms with Gasteiger partial charge in [0.05, 0.1) is 0 Å². The van der Waals surface area contributed by atoms with Crippen molar-refractivity contribution in [1.82, 2.24) is 9.55 Å². The van der Waals surface area contributed by atoms with Crippen molar-refractivity contribution in [1.29, 1.82) is 0 Å². The van der Waals surface area contributed by atoms with Crippen molar-refractivity contribution in [3.8, 4) is 5.75 Å². The molecule has 1 aromatic carbocycles. The third-order valence-corrected chi connectivity index (χ3v) is 2.56. The first-order chi connectivity index (χ1) is 10.7. The number of carbonyl (C=O) groups excluding carboxylic acids is 1. The quantitative estimate of drug-likeness (QED) is 0.877. The SMILES string of the molecule is O=C(Cn1ccc(=O)[nH]c1=O)Nc1cccc(OC(F)(F)F)c1. The van der Waals surface area contributed by atoms with Gasteiger partial charge in [0.2, 0.25) is 5.91 Å². The maximum absolute atomic E-state index is 12.1. The second-order valence-electron chi connectivity index (χ2n) is 4.36. The van der Waals surface area contributed by atoms with Crippen LogP contribution >= 0.6 is 0 Å². The van der Waals surface area contributed by atoms with Crippen LogP contribution in [0.4, 0.5) is 18.9 Å². The van der Waals surface area contributed by atoms with Crippen molar-refractivity contribution in [2.75, 3.05) is 5.32 Å². The van der Waals surface area contributed by atoms with E-state index >= 15 is 0 Å². The number of amides is 1. The van der Waals surface area contributed by atoms with Crippen molar-refractivity contribution < 1.29 is 22.7 Å². The highest BCUT2D eigenvalue weighted by Gasteiger charge is 2.31. The lowest BCUT2D eigenvalue weighted by molar-refractivity contribution is -0.274. The maximum atomic E-state index is 12.1.